The van der Waals surface area contributed by atoms with Gasteiger partial charge in [0.15, 0.2) is 30.7 Å². The molecule has 1 aliphatic carbocycles. The molecule has 2 fully saturated rings. The van der Waals surface area contributed by atoms with E-state index in [0.29, 0.717) is 0 Å². The number of rotatable bonds is 18. The Morgan fingerprint density at radius 1 is 0.581 bits per heavy atom. The minimum absolute atomic E-state index is 0.624. The van der Waals surface area contributed by atoms with E-state index in [9.17, 15) is 60.7 Å². The van der Waals surface area contributed by atoms with Crippen molar-refractivity contribution in [3.05, 3.63) is 60.7 Å². The maximum Gasteiger partial charge on any atom is 0.295 e. The number of hydrogen-bond donors (Lipinski definition) is 0. The molecule has 2 aliphatic rings. The topological polar surface area (TPSA) is 351 Å². The summed E-state index contributed by atoms with van der Waals surface area (Å²) >= 11 is 0. The second-order valence-corrected chi connectivity index (χ2v) is 8.33. The maximum absolute atomic E-state index is 11.3. The van der Waals surface area contributed by atoms with Crippen molar-refractivity contribution in [2.45, 2.75) is 61.5 Å². The summed E-state index contributed by atoms with van der Waals surface area (Å²) in [5.74, 6) is -1.30. The molecule has 0 radical (unpaired) electrons. The van der Waals surface area contributed by atoms with Gasteiger partial charge in [-0.1, -0.05) is 0 Å². The second kappa shape index (κ2) is 15.3. The summed E-state index contributed by atoms with van der Waals surface area (Å²) in [5, 5.41) is 58.5. The molecule has 1 aliphatic heterocycles. The van der Waals surface area contributed by atoms with Gasteiger partial charge >= 0.3 is 0 Å². The fraction of sp³-hybridized carbons (Fsp3) is 1.00. The van der Waals surface area contributed by atoms with Crippen LogP contribution in [0.25, 0.3) is 0 Å². The summed E-state index contributed by atoms with van der Waals surface area (Å²) in [6.07, 6.45) is -18.6. The Hall–Kier alpha value is -4.96. The number of methoxy groups -OCH3 is 2. The van der Waals surface area contributed by atoms with Crippen LogP contribution < -0.4 is 0 Å². The Morgan fingerprint density at radius 3 is 1.51 bits per heavy atom. The van der Waals surface area contributed by atoms with Crippen LogP contribution in [-0.2, 0) is 48.0 Å². The lowest BCUT2D eigenvalue weighted by atomic mass is 9.80. The van der Waals surface area contributed by atoms with Crippen molar-refractivity contribution in [2.75, 3.05) is 27.4 Å². The Kier molecular flexibility index (Phi) is 12.2. The number of nitrogens with zero attached hydrogens (tertiary/aromatic N) is 6. The van der Waals surface area contributed by atoms with Crippen LogP contribution in [0, 0.1) is 66.6 Å². The summed E-state index contributed by atoms with van der Waals surface area (Å²) in [4.78, 5) is 93.3. The van der Waals surface area contributed by atoms with Gasteiger partial charge in [0.2, 0.25) is 0 Å². The summed E-state index contributed by atoms with van der Waals surface area (Å²) < 4.78 is 21.1. The normalized spacial score (nSPS) is 32.0. The zero-order chi connectivity index (χ0) is 32.4. The highest BCUT2D eigenvalue weighted by Crippen LogP contribution is 2.37. The first-order chi connectivity index (χ1) is 20.2. The summed E-state index contributed by atoms with van der Waals surface area (Å²) in [6, 6.07) is 0. The molecule has 10 atom stereocenters. The second-order valence-electron chi connectivity index (χ2n) is 8.33. The van der Waals surface area contributed by atoms with Crippen LogP contribution in [0.1, 0.15) is 6.42 Å². The smallest absolute Gasteiger partial charge is 0.295 e. The molecule has 0 aromatic heterocycles. The van der Waals surface area contributed by atoms with Crippen LogP contribution in [-0.4, -0.2) is 113 Å². The molecule has 4 unspecified atom stereocenters. The van der Waals surface area contributed by atoms with Crippen molar-refractivity contribution < 1.29 is 78.5 Å². The largest absolute Gasteiger partial charge is 0.379 e. The fourth-order valence-corrected chi connectivity index (χ4v) is 4.59. The SMILES string of the molecule is CO[C@@H]1O[C@@H](CO[N+](=O)[O-])[C@@H](O[C@@H]2CC(CO[N+](=O)[O-])[C@@H](OC)C(O[N+](=O)[O-])[C@@H]2O[N+](=O)[O-])C(O[N+](=O)[O-])C1O[N+](=O)[O-]. The highest BCUT2D eigenvalue weighted by molar-refractivity contribution is 4.98. The average molecular weight is 638 g/mol. The molecule has 1 heterocycles. The van der Waals surface area contributed by atoms with E-state index in [4.69, 9.17) is 18.9 Å². The zero-order valence-electron chi connectivity index (χ0n) is 21.6. The van der Waals surface area contributed by atoms with Gasteiger partial charge < -0.3 is 48.0 Å². The standard InChI is InChI=1S/C15H22N6O22/c1-34-9-6(4-36-16(22)23)3-7(11(40-18(26)27)12(9)41-19(28)29)38-10-8(5-37-17(24)25)39-15(35-2)14(43-21(32)33)13(10)42-20(30)31/h6-15H,3-5H2,1-2H3/t6?,7-,8+,9-,10-,11-,12?,13?,14?,15-/m1/s1. The monoisotopic (exact) mass is 638 g/mol. The van der Waals surface area contributed by atoms with Gasteiger partial charge in [0.05, 0.1) is 12.2 Å². The zero-order valence-corrected chi connectivity index (χ0v) is 21.6. The summed E-state index contributed by atoms with van der Waals surface area (Å²) in [5.41, 5.74) is 0. The Morgan fingerprint density at radius 2 is 1.05 bits per heavy atom. The molecular weight excluding hydrogens is 616 g/mol. The summed E-state index contributed by atoms with van der Waals surface area (Å²) in [7, 11) is 1.87. The van der Waals surface area contributed by atoms with Gasteiger partial charge in [0.25, 0.3) is 30.5 Å². The molecule has 0 amide bonds. The van der Waals surface area contributed by atoms with Crippen molar-refractivity contribution in [2.24, 2.45) is 5.92 Å². The molecule has 0 N–H and O–H groups in total. The van der Waals surface area contributed by atoms with E-state index >= 15 is 0 Å². The predicted molar refractivity (Wildman–Crippen MR) is 117 cm³/mol. The van der Waals surface area contributed by atoms with Gasteiger partial charge in [-0.25, -0.2) is 0 Å². The van der Waals surface area contributed by atoms with Crippen molar-refractivity contribution in [3.63, 3.8) is 0 Å². The van der Waals surface area contributed by atoms with Crippen LogP contribution in [0.2, 0.25) is 0 Å². The van der Waals surface area contributed by atoms with E-state index in [-0.39, 0.29) is 0 Å². The lowest BCUT2D eigenvalue weighted by Crippen LogP contribution is -2.65. The van der Waals surface area contributed by atoms with E-state index in [2.05, 4.69) is 29.0 Å². The van der Waals surface area contributed by atoms with Gasteiger partial charge in [-0.3, -0.25) is 0 Å². The summed E-state index contributed by atoms with van der Waals surface area (Å²) in [6.45, 7) is -1.98. The van der Waals surface area contributed by atoms with Crippen LogP contribution in [0.5, 0.6) is 0 Å². The van der Waals surface area contributed by atoms with Crippen LogP contribution in [0.3, 0.4) is 0 Å². The molecule has 28 nitrogen and oxygen atoms in total. The van der Waals surface area contributed by atoms with Crippen molar-refractivity contribution in [1.29, 1.82) is 0 Å². The Bertz CT molecular complexity index is 1030. The molecular formula is C15H22N6O22. The van der Waals surface area contributed by atoms with Crippen LogP contribution in [0.15, 0.2) is 0 Å². The van der Waals surface area contributed by atoms with E-state index in [1.807, 2.05) is 0 Å². The van der Waals surface area contributed by atoms with E-state index < -0.39 is 111 Å². The molecule has 0 aromatic rings. The first-order valence-electron chi connectivity index (χ1n) is 11.3. The number of ether oxygens (including phenoxy) is 4. The van der Waals surface area contributed by atoms with Crippen LogP contribution in [0.4, 0.5) is 0 Å². The molecule has 1 saturated heterocycles. The van der Waals surface area contributed by atoms with E-state index in [1.54, 1.807) is 0 Å². The molecule has 2 rings (SSSR count). The highest BCUT2D eigenvalue weighted by atomic mass is 17.0. The lowest BCUT2D eigenvalue weighted by molar-refractivity contribution is -0.809. The van der Waals surface area contributed by atoms with Gasteiger partial charge in [0, 0.05) is 20.1 Å². The fourth-order valence-electron chi connectivity index (χ4n) is 4.59. The molecule has 0 spiro atoms. The first kappa shape index (κ1) is 34.2. The molecule has 43 heavy (non-hydrogen) atoms. The molecule has 1 saturated carbocycles. The Labute approximate surface area is 235 Å². The minimum atomic E-state index is -2.26. The Balaban J connectivity index is 2.64. The van der Waals surface area contributed by atoms with Crippen molar-refractivity contribution in [3.8, 4) is 0 Å². The van der Waals surface area contributed by atoms with E-state index in [1.165, 1.54) is 0 Å². The molecule has 0 aromatic carbocycles. The lowest BCUT2D eigenvalue weighted by Gasteiger charge is -2.48. The minimum Gasteiger partial charge on any atom is -0.379 e. The van der Waals surface area contributed by atoms with Crippen LogP contribution >= 0.6 is 0 Å². The van der Waals surface area contributed by atoms with Gasteiger partial charge in [-0.15, -0.1) is 60.7 Å². The third-order valence-electron chi connectivity index (χ3n) is 6.01. The highest BCUT2D eigenvalue weighted by Gasteiger charge is 2.56. The molecule has 244 valence electrons. The van der Waals surface area contributed by atoms with Gasteiger partial charge in [-0.05, 0) is 6.42 Å². The van der Waals surface area contributed by atoms with E-state index in [0.717, 1.165) is 14.2 Å². The molecule has 0 bridgehead atoms. The molecule has 28 heteroatoms. The van der Waals surface area contributed by atoms with Crippen molar-refractivity contribution >= 4 is 0 Å². The van der Waals surface area contributed by atoms with Gasteiger partial charge in [-0.2, -0.15) is 0 Å². The third kappa shape index (κ3) is 9.54. The first-order valence-corrected chi connectivity index (χ1v) is 11.3. The predicted octanol–water partition coefficient (Wildman–Crippen LogP) is -2.13. The number of hydrogen-bond acceptors (Lipinski definition) is 22. The average Bonchev–Trinajstić information content (AvgIpc) is 2.89. The quantitative estimate of drug-likeness (QED) is 0.114. The maximum atomic E-state index is 11.3. The third-order valence-corrected chi connectivity index (χ3v) is 6.01. The van der Waals surface area contributed by atoms with Gasteiger partial charge in [0.1, 0.15) is 25.4 Å². The van der Waals surface area contributed by atoms with Crippen molar-refractivity contribution in [1.82, 2.24) is 0 Å².